The zero-order chi connectivity index (χ0) is 20.2. The van der Waals surface area contributed by atoms with Crippen LogP contribution in [0, 0.1) is 6.92 Å². The van der Waals surface area contributed by atoms with Crippen molar-refractivity contribution in [3.05, 3.63) is 63.2 Å². The van der Waals surface area contributed by atoms with E-state index in [1.54, 1.807) is 17.4 Å². The van der Waals surface area contributed by atoms with E-state index in [-0.39, 0.29) is 5.56 Å². The van der Waals surface area contributed by atoms with Crippen molar-refractivity contribution >= 4 is 11.3 Å². The maximum absolute atomic E-state index is 12.5. The van der Waals surface area contributed by atoms with Crippen LogP contribution in [0.15, 0.2) is 52.0 Å². The Bertz CT molecular complexity index is 996. The van der Waals surface area contributed by atoms with Crippen molar-refractivity contribution in [1.29, 1.82) is 0 Å². The molecule has 0 aliphatic carbocycles. The third-order valence-electron chi connectivity index (χ3n) is 5.58. The van der Waals surface area contributed by atoms with Crippen molar-refractivity contribution in [2.45, 2.75) is 39.2 Å². The third kappa shape index (κ3) is 4.60. The molecule has 1 fully saturated rings. The van der Waals surface area contributed by atoms with Gasteiger partial charge in [0.05, 0.1) is 18.0 Å². The molecule has 4 rings (SSSR count). The summed E-state index contributed by atoms with van der Waals surface area (Å²) in [6.45, 7) is 7.28. The maximum Gasteiger partial charge on any atom is 0.272 e. The number of hydrogen-bond acceptors (Lipinski definition) is 5. The van der Waals surface area contributed by atoms with E-state index >= 15 is 0 Å². The number of aromatic nitrogens is 2. The first-order valence-electron chi connectivity index (χ1n) is 10.2. The first-order valence-corrected chi connectivity index (χ1v) is 11.2. The molecule has 5 nitrogen and oxygen atoms in total. The van der Waals surface area contributed by atoms with Crippen LogP contribution in [0.25, 0.3) is 16.8 Å². The summed E-state index contributed by atoms with van der Waals surface area (Å²) in [5, 5.41) is 8.36. The van der Waals surface area contributed by atoms with Gasteiger partial charge in [0, 0.05) is 29.6 Å². The minimum atomic E-state index is -0.125. The zero-order valence-corrected chi connectivity index (χ0v) is 17.8. The Morgan fingerprint density at radius 3 is 2.76 bits per heavy atom. The Balaban J connectivity index is 1.39. The van der Waals surface area contributed by atoms with E-state index in [1.807, 2.05) is 48.0 Å². The normalized spacial score (nSPS) is 17.0. The van der Waals surface area contributed by atoms with Crippen LogP contribution in [-0.4, -0.2) is 40.4 Å². The Hall–Kier alpha value is -2.44. The van der Waals surface area contributed by atoms with Gasteiger partial charge in [0.1, 0.15) is 5.75 Å². The lowest BCUT2D eigenvalue weighted by atomic mass is 10.1. The number of nitrogens with zero attached hydrogens (tertiary/aromatic N) is 3. The highest BCUT2D eigenvalue weighted by molar-refractivity contribution is 7.08. The highest BCUT2D eigenvalue weighted by Crippen LogP contribution is 2.24. The van der Waals surface area contributed by atoms with Crippen LogP contribution in [0.3, 0.4) is 0 Å². The van der Waals surface area contributed by atoms with Gasteiger partial charge in [-0.2, -0.15) is 21.1 Å². The lowest BCUT2D eigenvalue weighted by Gasteiger charge is -2.20. The molecule has 29 heavy (non-hydrogen) atoms. The molecule has 1 aliphatic heterocycles. The molecule has 1 saturated heterocycles. The van der Waals surface area contributed by atoms with Crippen LogP contribution in [0.2, 0.25) is 0 Å². The van der Waals surface area contributed by atoms with Crippen molar-refractivity contribution < 1.29 is 4.74 Å². The molecule has 0 N–H and O–H groups in total. The summed E-state index contributed by atoms with van der Waals surface area (Å²) in [5.41, 5.74) is 3.34. The predicted molar refractivity (Wildman–Crippen MR) is 118 cm³/mol. The highest BCUT2D eigenvalue weighted by atomic mass is 32.1. The minimum Gasteiger partial charge on any atom is -0.494 e. The van der Waals surface area contributed by atoms with Crippen molar-refractivity contribution in [3.63, 3.8) is 0 Å². The molecule has 0 saturated carbocycles. The second-order valence-electron chi connectivity index (χ2n) is 7.63. The molecule has 1 unspecified atom stereocenters. The number of likely N-dealkylation sites (tertiary alicyclic amines) is 1. The molecule has 3 aromatic rings. The summed E-state index contributed by atoms with van der Waals surface area (Å²) in [7, 11) is 0. The molecule has 6 heteroatoms. The smallest absolute Gasteiger partial charge is 0.272 e. The molecular weight excluding hydrogens is 382 g/mol. The van der Waals surface area contributed by atoms with Crippen LogP contribution in [-0.2, 0) is 0 Å². The molecular formula is C23H27N3O2S. The van der Waals surface area contributed by atoms with E-state index in [0.717, 1.165) is 47.8 Å². The number of ether oxygens (including phenoxy) is 1. The lowest BCUT2D eigenvalue weighted by Crippen LogP contribution is -2.28. The third-order valence-corrected chi connectivity index (χ3v) is 6.25. The average molecular weight is 410 g/mol. The molecule has 1 aliphatic rings. The van der Waals surface area contributed by atoms with E-state index in [9.17, 15) is 4.79 Å². The van der Waals surface area contributed by atoms with Crippen LogP contribution in [0.1, 0.15) is 31.9 Å². The van der Waals surface area contributed by atoms with Crippen LogP contribution in [0.5, 0.6) is 5.75 Å². The second-order valence-corrected chi connectivity index (χ2v) is 8.41. The largest absolute Gasteiger partial charge is 0.494 e. The monoisotopic (exact) mass is 409 g/mol. The van der Waals surface area contributed by atoms with Crippen LogP contribution in [0.4, 0.5) is 0 Å². The molecule has 0 radical (unpaired) electrons. The second kappa shape index (κ2) is 8.93. The Morgan fingerprint density at radius 1 is 1.24 bits per heavy atom. The SMILES string of the molecule is Cc1nn(-c2ccsc2)c(=O)cc1-c1ccc(OCCCN2CCCC2C)cc1. The minimum absolute atomic E-state index is 0.125. The van der Waals surface area contributed by atoms with Gasteiger partial charge < -0.3 is 9.64 Å². The summed E-state index contributed by atoms with van der Waals surface area (Å²) in [6, 6.07) is 12.2. The van der Waals surface area contributed by atoms with E-state index in [2.05, 4.69) is 16.9 Å². The molecule has 0 bridgehead atoms. The molecule has 1 aromatic carbocycles. The average Bonchev–Trinajstić information content (AvgIpc) is 3.39. The molecule has 0 spiro atoms. The predicted octanol–water partition coefficient (Wildman–Crippen LogP) is 4.52. The fourth-order valence-electron chi connectivity index (χ4n) is 3.91. The number of thiophene rings is 1. The van der Waals surface area contributed by atoms with Crippen molar-refractivity contribution in [3.8, 4) is 22.6 Å². The van der Waals surface area contributed by atoms with Gasteiger partial charge in [0.15, 0.2) is 0 Å². The van der Waals surface area contributed by atoms with Crippen molar-refractivity contribution in [2.24, 2.45) is 0 Å². The van der Waals surface area contributed by atoms with Gasteiger partial charge in [-0.3, -0.25) is 4.79 Å². The molecule has 2 aromatic heterocycles. The molecule has 3 heterocycles. The van der Waals surface area contributed by atoms with Gasteiger partial charge in [-0.15, -0.1) is 0 Å². The number of aryl methyl sites for hydroxylation is 1. The van der Waals surface area contributed by atoms with Gasteiger partial charge in [0.25, 0.3) is 5.56 Å². The van der Waals surface area contributed by atoms with Gasteiger partial charge in [0.2, 0.25) is 0 Å². The highest BCUT2D eigenvalue weighted by Gasteiger charge is 2.19. The first-order chi connectivity index (χ1) is 14.1. The molecule has 1 atom stereocenters. The quantitative estimate of drug-likeness (QED) is 0.538. The van der Waals surface area contributed by atoms with Crippen molar-refractivity contribution in [2.75, 3.05) is 19.7 Å². The van der Waals surface area contributed by atoms with Crippen LogP contribution < -0.4 is 10.3 Å². The summed E-state index contributed by atoms with van der Waals surface area (Å²) >= 11 is 1.55. The maximum atomic E-state index is 12.5. The number of rotatable bonds is 7. The molecule has 152 valence electrons. The fraction of sp³-hybridized carbons (Fsp3) is 0.391. The topological polar surface area (TPSA) is 47.4 Å². The van der Waals surface area contributed by atoms with Crippen LogP contribution >= 0.6 is 11.3 Å². The number of hydrogen-bond donors (Lipinski definition) is 0. The van der Waals surface area contributed by atoms with Gasteiger partial charge in [-0.1, -0.05) is 12.1 Å². The van der Waals surface area contributed by atoms with E-state index in [1.165, 1.54) is 24.1 Å². The van der Waals surface area contributed by atoms with Crippen molar-refractivity contribution in [1.82, 2.24) is 14.7 Å². The van der Waals surface area contributed by atoms with Gasteiger partial charge >= 0.3 is 0 Å². The zero-order valence-electron chi connectivity index (χ0n) is 17.0. The molecule has 0 amide bonds. The van der Waals surface area contributed by atoms with Gasteiger partial charge in [-0.05, 0) is 68.8 Å². The lowest BCUT2D eigenvalue weighted by molar-refractivity contribution is 0.230. The summed E-state index contributed by atoms with van der Waals surface area (Å²) < 4.78 is 7.36. The first kappa shape index (κ1) is 19.9. The number of benzene rings is 1. The summed E-state index contributed by atoms with van der Waals surface area (Å²) in [6.07, 6.45) is 3.67. The Morgan fingerprint density at radius 2 is 2.07 bits per heavy atom. The Labute approximate surface area is 175 Å². The fourth-order valence-corrected chi connectivity index (χ4v) is 4.52. The van der Waals surface area contributed by atoms with E-state index < -0.39 is 0 Å². The van der Waals surface area contributed by atoms with E-state index in [4.69, 9.17) is 4.74 Å². The summed E-state index contributed by atoms with van der Waals surface area (Å²) in [5.74, 6) is 0.862. The summed E-state index contributed by atoms with van der Waals surface area (Å²) in [4.78, 5) is 15.1. The van der Waals surface area contributed by atoms with E-state index in [0.29, 0.717) is 6.04 Å². The van der Waals surface area contributed by atoms with Gasteiger partial charge in [-0.25, -0.2) is 0 Å². The standard InChI is InChI=1S/C23H27N3O2S/c1-17-5-3-11-25(17)12-4-13-28-21-8-6-19(7-9-21)22-15-23(27)26(24-18(22)2)20-10-14-29-16-20/h6-10,14-17H,3-5,11-13H2,1-2H3. The Kier molecular flexibility index (Phi) is 6.11.